The second kappa shape index (κ2) is 7.42. The number of urea groups is 1. The lowest BCUT2D eigenvalue weighted by molar-refractivity contribution is -0.141. The average molecular weight is 260 g/mol. The Bertz CT molecular complexity index is 273. The number of carbonyl (C=O) groups is 2. The molecule has 0 aromatic carbocycles. The maximum absolute atomic E-state index is 11.7. The minimum atomic E-state index is -0.903. The second-order valence-electron chi connectivity index (χ2n) is 4.12. The van der Waals surface area contributed by atoms with E-state index in [1.54, 1.807) is 11.8 Å². The Morgan fingerprint density at radius 3 is 2.88 bits per heavy atom. The highest BCUT2D eigenvalue weighted by Gasteiger charge is 2.33. The number of unbranched alkanes of at least 4 members (excludes halogenated alkanes) is 1. The zero-order chi connectivity index (χ0) is 12.7. The molecule has 1 fully saturated rings. The van der Waals surface area contributed by atoms with Gasteiger partial charge in [-0.05, 0) is 37.7 Å². The van der Waals surface area contributed by atoms with E-state index < -0.39 is 12.0 Å². The van der Waals surface area contributed by atoms with Crippen molar-refractivity contribution in [3.05, 3.63) is 0 Å². The van der Waals surface area contributed by atoms with Crippen LogP contribution in [0.15, 0.2) is 0 Å². The quantitative estimate of drug-likeness (QED) is 0.708. The monoisotopic (exact) mass is 260 g/mol. The number of hydrogen-bond acceptors (Lipinski definition) is 3. The van der Waals surface area contributed by atoms with Gasteiger partial charge in [-0.3, -0.25) is 0 Å². The van der Waals surface area contributed by atoms with E-state index in [1.807, 2.05) is 0 Å². The molecule has 1 heterocycles. The van der Waals surface area contributed by atoms with Crippen molar-refractivity contribution in [2.24, 2.45) is 0 Å². The van der Waals surface area contributed by atoms with Gasteiger partial charge in [-0.25, -0.2) is 9.59 Å². The van der Waals surface area contributed by atoms with Crippen molar-refractivity contribution >= 4 is 23.8 Å². The van der Waals surface area contributed by atoms with E-state index >= 15 is 0 Å². The molecule has 0 radical (unpaired) electrons. The number of carboxylic acids is 1. The highest BCUT2D eigenvalue weighted by molar-refractivity contribution is 7.98. The Morgan fingerprint density at radius 1 is 1.47 bits per heavy atom. The Hall–Kier alpha value is -0.910. The molecule has 2 N–H and O–H groups in total. The van der Waals surface area contributed by atoms with Gasteiger partial charge in [0.1, 0.15) is 6.04 Å². The summed E-state index contributed by atoms with van der Waals surface area (Å²) in [6, 6.07) is -0.875. The van der Waals surface area contributed by atoms with Crippen molar-refractivity contribution in [2.75, 3.05) is 25.1 Å². The molecule has 0 aliphatic carbocycles. The summed E-state index contributed by atoms with van der Waals surface area (Å²) in [5.41, 5.74) is 0. The number of rotatable bonds is 6. The molecular formula is C11H20N2O3S. The van der Waals surface area contributed by atoms with Crippen LogP contribution in [0.3, 0.4) is 0 Å². The van der Waals surface area contributed by atoms with Crippen LogP contribution in [-0.2, 0) is 4.79 Å². The Morgan fingerprint density at radius 2 is 2.24 bits per heavy atom. The summed E-state index contributed by atoms with van der Waals surface area (Å²) in [7, 11) is 0. The lowest BCUT2D eigenvalue weighted by Crippen LogP contribution is -2.46. The molecule has 5 nitrogen and oxygen atoms in total. The van der Waals surface area contributed by atoms with Crippen LogP contribution in [0.25, 0.3) is 0 Å². The first-order valence-electron chi connectivity index (χ1n) is 5.93. The van der Waals surface area contributed by atoms with Crippen LogP contribution in [0.4, 0.5) is 4.79 Å². The van der Waals surface area contributed by atoms with E-state index in [0.29, 0.717) is 19.5 Å². The van der Waals surface area contributed by atoms with Crippen molar-refractivity contribution in [1.29, 1.82) is 0 Å². The molecule has 0 aromatic heterocycles. The number of hydrogen-bond donors (Lipinski definition) is 2. The maximum Gasteiger partial charge on any atom is 0.326 e. The number of amides is 2. The first kappa shape index (κ1) is 14.2. The summed E-state index contributed by atoms with van der Waals surface area (Å²) in [4.78, 5) is 24.1. The van der Waals surface area contributed by atoms with Crippen LogP contribution < -0.4 is 5.32 Å². The minimum absolute atomic E-state index is 0.237. The zero-order valence-electron chi connectivity index (χ0n) is 10.1. The first-order valence-corrected chi connectivity index (χ1v) is 7.32. The Balaban J connectivity index is 2.25. The van der Waals surface area contributed by atoms with E-state index in [1.165, 1.54) is 4.90 Å². The van der Waals surface area contributed by atoms with Gasteiger partial charge in [0.15, 0.2) is 0 Å². The van der Waals surface area contributed by atoms with E-state index in [2.05, 4.69) is 11.6 Å². The van der Waals surface area contributed by atoms with Crippen molar-refractivity contribution < 1.29 is 14.7 Å². The van der Waals surface area contributed by atoms with Crippen LogP contribution in [0.1, 0.15) is 25.7 Å². The Labute approximate surface area is 106 Å². The molecule has 1 aliphatic rings. The fraction of sp³-hybridized carbons (Fsp3) is 0.818. The van der Waals surface area contributed by atoms with E-state index in [-0.39, 0.29) is 6.03 Å². The number of carbonyl (C=O) groups excluding carboxylic acids is 1. The number of thioether (sulfide) groups is 1. The number of aliphatic carboxylic acids is 1. The SMILES string of the molecule is CSCCCCNC(=O)N1CCCC1C(=O)O. The van der Waals surface area contributed by atoms with Gasteiger partial charge in [0.05, 0.1) is 0 Å². The summed E-state index contributed by atoms with van der Waals surface area (Å²) in [6.07, 6.45) is 5.41. The van der Waals surface area contributed by atoms with Crippen molar-refractivity contribution in [3.8, 4) is 0 Å². The summed E-state index contributed by atoms with van der Waals surface area (Å²) < 4.78 is 0. The Kier molecular flexibility index (Phi) is 6.18. The third kappa shape index (κ3) is 4.46. The van der Waals surface area contributed by atoms with Crippen molar-refractivity contribution in [3.63, 3.8) is 0 Å². The smallest absolute Gasteiger partial charge is 0.326 e. The molecule has 1 aliphatic heterocycles. The van der Waals surface area contributed by atoms with E-state index in [4.69, 9.17) is 5.11 Å². The van der Waals surface area contributed by atoms with Gasteiger partial charge in [-0.1, -0.05) is 0 Å². The van der Waals surface area contributed by atoms with Crippen molar-refractivity contribution in [2.45, 2.75) is 31.7 Å². The largest absolute Gasteiger partial charge is 0.480 e. The van der Waals surface area contributed by atoms with Gasteiger partial charge in [0, 0.05) is 13.1 Å². The predicted octanol–water partition coefficient (Wildman–Crippen LogP) is 1.39. The molecule has 17 heavy (non-hydrogen) atoms. The third-order valence-corrected chi connectivity index (χ3v) is 3.55. The van der Waals surface area contributed by atoms with Gasteiger partial charge in [-0.15, -0.1) is 0 Å². The molecule has 0 saturated carbocycles. The standard InChI is InChI=1S/C11H20N2O3S/c1-17-8-3-2-6-12-11(16)13-7-4-5-9(13)10(14)15/h9H,2-8H2,1H3,(H,12,16)(H,14,15). The summed E-state index contributed by atoms with van der Waals surface area (Å²) in [5, 5.41) is 11.7. The molecule has 1 saturated heterocycles. The average Bonchev–Trinajstić information content (AvgIpc) is 2.77. The predicted molar refractivity (Wildman–Crippen MR) is 68.4 cm³/mol. The molecule has 1 atom stereocenters. The maximum atomic E-state index is 11.7. The van der Waals surface area contributed by atoms with Crippen LogP contribution in [0, 0.1) is 0 Å². The molecule has 2 amide bonds. The van der Waals surface area contributed by atoms with Gasteiger partial charge in [-0.2, -0.15) is 11.8 Å². The number of nitrogens with one attached hydrogen (secondary N) is 1. The molecule has 1 unspecified atom stereocenters. The summed E-state index contributed by atoms with van der Waals surface area (Å²) in [5.74, 6) is 0.192. The van der Waals surface area contributed by atoms with E-state index in [9.17, 15) is 9.59 Å². The van der Waals surface area contributed by atoms with Gasteiger partial charge >= 0.3 is 12.0 Å². The van der Waals surface area contributed by atoms with Gasteiger partial charge < -0.3 is 15.3 Å². The molecule has 98 valence electrons. The van der Waals surface area contributed by atoms with Crippen LogP contribution in [0.2, 0.25) is 0 Å². The summed E-state index contributed by atoms with van der Waals surface area (Å²) in [6.45, 7) is 1.18. The van der Waals surface area contributed by atoms with Gasteiger partial charge in [0.25, 0.3) is 0 Å². The molecule has 6 heteroatoms. The number of nitrogens with zero attached hydrogens (tertiary/aromatic N) is 1. The first-order chi connectivity index (χ1) is 8.16. The van der Waals surface area contributed by atoms with Gasteiger partial charge in [0.2, 0.25) is 0 Å². The zero-order valence-corrected chi connectivity index (χ0v) is 11.0. The molecule has 1 rings (SSSR count). The second-order valence-corrected chi connectivity index (χ2v) is 5.11. The van der Waals surface area contributed by atoms with Crippen LogP contribution in [0.5, 0.6) is 0 Å². The number of likely N-dealkylation sites (tertiary alicyclic amines) is 1. The fourth-order valence-corrected chi connectivity index (χ4v) is 2.43. The molecule has 0 bridgehead atoms. The third-order valence-electron chi connectivity index (χ3n) is 2.85. The fourth-order valence-electron chi connectivity index (χ4n) is 1.93. The molecular weight excluding hydrogens is 240 g/mol. The molecule has 0 aromatic rings. The van der Waals surface area contributed by atoms with Crippen LogP contribution >= 0.6 is 11.8 Å². The molecule has 0 spiro atoms. The van der Waals surface area contributed by atoms with E-state index in [0.717, 1.165) is 25.0 Å². The highest BCUT2D eigenvalue weighted by atomic mass is 32.2. The number of carboxylic acid groups (broad SMARTS) is 1. The highest BCUT2D eigenvalue weighted by Crippen LogP contribution is 2.17. The van der Waals surface area contributed by atoms with Crippen LogP contribution in [-0.4, -0.2) is 53.1 Å². The lowest BCUT2D eigenvalue weighted by Gasteiger charge is -2.21. The lowest BCUT2D eigenvalue weighted by atomic mass is 10.2. The summed E-state index contributed by atoms with van der Waals surface area (Å²) >= 11 is 1.79. The normalized spacial score (nSPS) is 19.4. The van der Waals surface area contributed by atoms with Crippen molar-refractivity contribution in [1.82, 2.24) is 10.2 Å². The minimum Gasteiger partial charge on any atom is -0.480 e. The topological polar surface area (TPSA) is 69.6 Å².